The molecule has 0 unspecified atom stereocenters. The number of halogens is 1. The highest BCUT2D eigenvalue weighted by atomic mass is 19.1. The normalized spacial score (nSPS) is 11.4. The van der Waals surface area contributed by atoms with E-state index in [-0.39, 0.29) is 12.4 Å². The average Bonchev–Trinajstić information content (AvgIpc) is 2.59. The highest BCUT2D eigenvalue weighted by molar-refractivity contribution is 5.79. The van der Waals surface area contributed by atoms with Crippen molar-refractivity contribution in [2.24, 2.45) is 4.99 Å². The Bertz CT molecular complexity index is 701. The quantitative estimate of drug-likeness (QED) is 0.632. The molecule has 24 heavy (non-hydrogen) atoms. The fraction of sp³-hybridized carbons (Fsp3) is 0.316. The third kappa shape index (κ3) is 5.06. The van der Waals surface area contributed by atoms with E-state index in [1.165, 1.54) is 17.2 Å². The van der Waals surface area contributed by atoms with Crippen molar-refractivity contribution in [3.05, 3.63) is 70.5 Å². The van der Waals surface area contributed by atoms with Gasteiger partial charge >= 0.3 is 0 Å². The zero-order valence-electron chi connectivity index (χ0n) is 14.4. The predicted molar refractivity (Wildman–Crippen MR) is 95.3 cm³/mol. The molecule has 0 radical (unpaired) electrons. The Labute approximate surface area is 142 Å². The van der Waals surface area contributed by atoms with Crippen molar-refractivity contribution in [1.29, 1.82) is 0 Å². The van der Waals surface area contributed by atoms with E-state index in [9.17, 15) is 4.39 Å². The van der Waals surface area contributed by atoms with E-state index in [0.29, 0.717) is 24.6 Å². The molecular formula is C19H24FN3O. The molecule has 0 amide bonds. The summed E-state index contributed by atoms with van der Waals surface area (Å²) in [6, 6.07) is 13.3. The topological polar surface area (TPSA) is 45.7 Å². The monoisotopic (exact) mass is 329 g/mol. The van der Waals surface area contributed by atoms with Crippen LogP contribution in [0, 0.1) is 12.7 Å². The van der Waals surface area contributed by atoms with Crippen LogP contribution in [0.5, 0.6) is 0 Å². The first-order valence-electron chi connectivity index (χ1n) is 7.89. The van der Waals surface area contributed by atoms with Gasteiger partial charge in [0.2, 0.25) is 0 Å². The number of benzene rings is 2. The maximum absolute atomic E-state index is 13.6. The number of ether oxygens (including phenoxy) is 1. The van der Waals surface area contributed by atoms with Crippen LogP contribution in [0.25, 0.3) is 0 Å². The molecule has 0 heterocycles. The number of rotatable bonds is 6. The molecular weight excluding hydrogens is 305 g/mol. The van der Waals surface area contributed by atoms with Gasteiger partial charge in [-0.1, -0.05) is 30.3 Å². The van der Waals surface area contributed by atoms with Gasteiger partial charge in [0.15, 0.2) is 5.96 Å². The molecule has 0 spiro atoms. The lowest BCUT2D eigenvalue weighted by Gasteiger charge is -2.14. The van der Waals surface area contributed by atoms with Gasteiger partial charge in [0, 0.05) is 32.8 Å². The fourth-order valence-corrected chi connectivity index (χ4v) is 2.40. The van der Waals surface area contributed by atoms with Gasteiger partial charge in [0.05, 0.1) is 6.61 Å². The molecule has 4 nitrogen and oxygen atoms in total. The van der Waals surface area contributed by atoms with Crippen molar-refractivity contribution >= 4 is 5.96 Å². The maximum Gasteiger partial charge on any atom is 0.191 e. The number of guanidine groups is 1. The van der Waals surface area contributed by atoms with Crippen LogP contribution in [0.2, 0.25) is 0 Å². The molecule has 2 aromatic carbocycles. The second kappa shape index (κ2) is 9.03. The van der Waals surface area contributed by atoms with Crippen molar-refractivity contribution in [3.63, 3.8) is 0 Å². The first-order valence-corrected chi connectivity index (χ1v) is 7.89. The van der Waals surface area contributed by atoms with Gasteiger partial charge in [-0.2, -0.15) is 0 Å². The first kappa shape index (κ1) is 17.9. The number of nitrogens with one attached hydrogen (secondary N) is 2. The number of nitrogens with zero attached hydrogens (tertiary/aromatic N) is 1. The van der Waals surface area contributed by atoms with Crippen molar-refractivity contribution < 1.29 is 9.13 Å². The van der Waals surface area contributed by atoms with E-state index in [2.05, 4.69) is 34.7 Å². The number of aryl methyl sites for hydroxylation is 1. The summed E-state index contributed by atoms with van der Waals surface area (Å²) in [5.41, 5.74) is 4.00. The standard InChI is InChI=1S/C19H24FN3O/c1-14-6-4-5-7-16(14)12-23-19(21-2)22-11-15-8-9-18(20)17(10-15)13-24-3/h4-10H,11-13H2,1-3H3,(H2,21,22,23). The molecule has 0 aromatic heterocycles. The van der Waals surface area contributed by atoms with Gasteiger partial charge in [-0.25, -0.2) is 4.39 Å². The van der Waals surface area contributed by atoms with Crippen molar-refractivity contribution in [2.45, 2.75) is 26.6 Å². The zero-order chi connectivity index (χ0) is 17.4. The fourth-order valence-electron chi connectivity index (χ4n) is 2.40. The van der Waals surface area contributed by atoms with E-state index in [0.717, 1.165) is 5.56 Å². The van der Waals surface area contributed by atoms with E-state index >= 15 is 0 Å². The van der Waals surface area contributed by atoms with Crippen molar-refractivity contribution in [2.75, 3.05) is 14.2 Å². The minimum atomic E-state index is -0.248. The zero-order valence-corrected chi connectivity index (χ0v) is 14.4. The van der Waals surface area contributed by atoms with Crippen LogP contribution in [-0.2, 0) is 24.4 Å². The van der Waals surface area contributed by atoms with Crippen LogP contribution >= 0.6 is 0 Å². The molecule has 2 N–H and O–H groups in total. The number of hydrogen-bond acceptors (Lipinski definition) is 2. The molecule has 0 atom stereocenters. The van der Waals surface area contributed by atoms with Crippen molar-refractivity contribution in [1.82, 2.24) is 10.6 Å². The Morgan fingerprint density at radius 3 is 2.54 bits per heavy atom. The average molecular weight is 329 g/mol. The van der Waals surface area contributed by atoms with Gasteiger partial charge < -0.3 is 15.4 Å². The second-order valence-corrected chi connectivity index (χ2v) is 5.56. The van der Waals surface area contributed by atoms with Crippen LogP contribution in [0.4, 0.5) is 4.39 Å². The van der Waals surface area contributed by atoms with Gasteiger partial charge in [-0.05, 0) is 35.7 Å². The summed E-state index contributed by atoms with van der Waals surface area (Å²) >= 11 is 0. The lowest BCUT2D eigenvalue weighted by molar-refractivity contribution is 0.181. The first-order chi connectivity index (χ1) is 11.6. The molecule has 0 saturated carbocycles. The summed E-state index contributed by atoms with van der Waals surface area (Å²) in [5, 5.41) is 6.53. The lowest BCUT2D eigenvalue weighted by atomic mass is 10.1. The second-order valence-electron chi connectivity index (χ2n) is 5.56. The SMILES string of the molecule is CN=C(NCc1ccc(F)c(COC)c1)NCc1ccccc1C. The molecule has 128 valence electrons. The van der Waals surface area contributed by atoms with Gasteiger partial charge in [-0.15, -0.1) is 0 Å². The minimum Gasteiger partial charge on any atom is -0.380 e. The maximum atomic E-state index is 13.6. The Hall–Kier alpha value is -2.40. The largest absolute Gasteiger partial charge is 0.380 e. The van der Waals surface area contributed by atoms with E-state index in [4.69, 9.17) is 4.74 Å². The Kier molecular flexibility index (Phi) is 6.75. The predicted octanol–water partition coefficient (Wildman–Crippen LogP) is 3.15. The van der Waals surface area contributed by atoms with Gasteiger partial charge in [-0.3, -0.25) is 4.99 Å². The van der Waals surface area contributed by atoms with Crippen molar-refractivity contribution in [3.8, 4) is 0 Å². The molecule has 2 rings (SSSR count). The highest BCUT2D eigenvalue weighted by Gasteiger charge is 2.05. The summed E-state index contributed by atoms with van der Waals surface area (Å²) in [7, 11) is 3.29. The van der Waals surface area contributed by atoms with E-state index in [1.807, 2.05) is 12.1 Å². The minimum absolute atomic E-state index is 0.248. The molecule has 0 fully saturated rings. The van der Waals surface area contributed by atoms with Crippen LogP contribution < -0.4 is 10.6 Å². The smallest absolute Gasteiger partial charge is 0.191 e. The number of aliphatic imine (C=N–C) groups is 1. The van der Waals surface area contributed by atoms with Crippen LogP contribution in [0.1, 0.15) is 22.3 Å². The third-order valence-electron chi connectivity index (χ3n) is 3.80. The molecule has 0 aliphatic carbocycles. The summed E-state index contributed by atoms with van der Waals surface area (Å²) in [6.45, 7) is 3.61. The van der Waals surface area contributed by atoms with Gasteiger partial charge in [0.1, 0.15) is 5.82 Å². The Balaban J connectivity index is 1.92. The Morgan fingerprint density at radius 2 is 1.83 bits per heavy atom. The molecule has 0 aliphatic heterocycles. The van der Waals surface area contributed by atoms with E-state index in [1.54, 1.807) is 26.3 Å². The van der Waals surface area contributed by atoms with Gasteiger partial charge in [0.25, 0.3) is 0 Å². The summed E-state index contributed by atoms with van der Waals surface area (Å²) in [5.74, 6) is 0.457. The molecule has 0 bridgehead atoms. The molecule has 5 heteroatoms. The van der Waals surface area contributed by atoms with E-state index < -0.39 is 0 Å². The van der Waals surface area contributed by atoms with Crippen LogP contribution in [0.15, 0.2) is 47.5 Å². The molecule has 0 aliphatic rings. The Morgan fingerprint density at radius 1 is 1.08 bits per heavy atom. The summed E-state index contributed by atoms with van der Waals surface area (Å²) in [6.07, 6.45) is 0. The number of methoxy groups -OCH3 is 1. The lowest BCUT2D eigenvalue weighted by Crippen LogP contribution is -2.36. The van der Waals surface area contributed by atoms with Crippen LogP contribution in [-0.4, -0.2) is 20.1 Å². The van der Waals surface area contributed by atoms with Crippen LogP contribution in [0.3, 0.4) is 0 Å². The molecule has 0 saturated heterocycles. The summed E-state index contributed by atoms with van der Waals surface area (Å²) in [4.78, 5) is 4.22. The molecule has 2 aromatic rings. The number of hydrogen-bond donors (Lipinski definition) is 2. The summed E-state index contributed by atoms with van der Waals surface area (Å²) < 4.78 is 18.6. The highest BCUT2D eigenvalue weighted by Crippen LogP contribution is 2.11. The third-order valence-corrected chi connectivity index (χ3v) is 3.80.